The molecule has 0 saturated heterocycles. The SMILES string of the molecule is CSCC[C@H](N)C(=O)Nc1ccc(C(=O)NC2CCCC2)cc1. The van der Waals surface area contributed by atoms with Gasteiger partial charge in [0.15, 0.2) is 0 Å². The highest BCUT2D eigenvalue weighted by atomic mass is 32.2. The fraction of sp³-hybridized carbons (Fsp3) is 0.529. The summed E-state index contributed by atoms with van der Waals surface area (Å²) >= 11 is 1.67. The molecule has 0 unspecified atom stereocenters. The third-order valence-corrected chi connectivity index (χ3v) is 4.72. The van der Waals surface area contributed by atoms with Gasteiger partial charge in [0.05, 0.1) is 6.04 Å². The van der Waals surface area contributed by atoms with Gasteiger partial charge in [0, 0.05) is 17.3 Å². The molecule has 0 spiro atoms. The van der Waals surface area contributed by atoms with Crippen molar-refractivity contribution in [2.24, 2.45) is 5.73 Å². The molecule has 1 saturated carbocycles. The minimum Gasteiger partial charge on any atom is -0.349 e. The number of nitrogens with one attached hydrogen (secondary N) is 2. The Kier molecular flexibility index (Phi) is 6.92. The number of thioether (sulfide) groups is 1. The minimum absolute atomic E-state index is 0.0496. The zero-order valence-electron chi connectivity index (χ0n) is 13.5. The molecule has 0 radical (unpaired) electrons. The first-order chi connectivity index (χ1) is 11.1. The largest absolute Gasteiger partial charge is 0.349 e. The van der Waals surface area contributed by atoms with Crippen molar-refractivity contribution in [1.29, 1.82) is 0 Å². The Balaban J connectivity index is 1.86. The second kappa shape index (κ2) is 8.93. The molecule has 2 amide bonds. The monoisotopic (exact) mass is 335 g/mol. The van der Waals surface area contributed by atoms with Crippen LogP contribution in [0, 0.1) is 0 Å². The molecule has 0 aromatic heterocycles. The molecule has 0 heterocycles. The molecule has 1 atom stereocenters. The number of benzene rings is 1. The number of carbonyl (C=O) groups excluding carboxylic acids is 2. The van der Waals surface area contributed by atoms with E-state index in [9.17, 15) is 9.59 Å². The second-order valence-corrected chi connectivity index (χ2v) is 6.90. The van der Waals surface area contributed by atoms with E-state index in [0.29, 0.717) is 23.7 Å². The van der Waals surface area contributed by atoms with Gasteiger partial charge in [-0.1, -0.05) is 12.8 Å². The van der Waals surface area contributed by atoms with Crippen molar-refractivity contribution in [2.75, 3.05) is 17.3 Å². The number of carbonyl (C=O) groups is 2. The van der Waals surface area contributed by atoms with Crippen molar-refractivity contribution in [3.63, 3.8) is 0 Å². The molecule has 0 bridgehead atoms. The molecule has 126 valence electrons. The van der Waals surface area contributed by atoms with Gasteiger partial charge in [-0.15, -0.1) is 0 Å². The van der Waals surface area contributed by atoms with Crippen molar-refractivity contribution in [2.45, 2.75) is 44.2 Å². The van der Waals surface area contributed by atoms with Crippen LogP contribution < -0.4 is 16.4 Å². The van der Waals surface area contributed by atoms with Crippen molar-refractivity contribution >= 4 is 29.3 Å². The molecule has 1 fully saturated rings. The highest BCUT2D eigenvalue weighted by Gasteiger charge is 2.18. The van der Waals surface area contributed by atoms with E-state index < -0.39 is 6.04 Å². The Labute approximate surface area is 141 Å². The lowest BCUT2D eigenvalue weighted by Crippen LogP contribution is -2.36. The second-order valence-electron chi connectivity index (χ2n) is 5.91. The normalized spacial score (nSPS) is 16.1. The third kappa shape index (κ3) is 5.55. The van der Waals surface area contributed by atoms with Crippen LogP contribution in [0.25, 0.3) is 0 Å². The topological polar surface area (TPSA) is 84.2 Å². The zero-order valence-corrected chi connectivity index (χ0v) is 14.3. The summed E-state index contributed by atoms with van der Waals surface area (Å²) in [7, 11) is 0. The van der Waals surface area contributed by atoms with Crippen molar-refractivity contribution in [3.05, 3.63) is 29.8 Å². The minimum atomic E-state index is -0.507. The third-order valence-electron chi connectivity index (χ3n) is 4.07. The summed E-state index contributed by atoms with van der Waals surface area (Å²) in [4.78, 5) is 24.1. The van der Waals surface area contributed by atoms with E-state index in [4.69, 9.17) is 5.73 Å². The molecular weight excluding hydrogens is 310 g/mol. The first-order valence-electron chi connectivity index (χ1n) is 8.06. The maximum Gasteiger partial charge on any atom is 0.251 e. The molecule has 4 N–H and O–H groups in total. The van der Waals surface area contributed by atoms with Crippen LogP contribution in [0.15, 0.2) is 24.3 Å². The van der Waals surface area contributed by atoms with Gasteiger partial charge >= 0.3 is 0 Å². The first-order valence-corrected chi connectivity index (χ1v) is 9.46. The van der Waals surface area contributed by atoms with Crippen LogP contribution in [0.4, 0.5) is 5.69 Å². The van der Waals surface area contributed by atoms with Gasteiger partial charge in [-0.3, -0.25) is 9.59 Å². The molecule has 6 heteroatoms. The van der Waals surface area contributed by atoms with Gasteiger partial charge in [0.2, 0.25) is 5.91 Å². The predicted molar refractivity (Wildman–Crippen MR) is 95.8 cm³/mol. The molecule has 2 rings (SSSR count). The predicted octanol–water partition coefficient (Wildman–Crippen LogP) is 2.38. The smallest absolute Gasteiger partial charge is 0.251 e. The molecule has 1 aliphatic carbocycles. The highest BCUT2D eigenvalue weighted by molar-refractivity contribution is 7.98. The van der Waals surface area contributed by atoms with E-state index in [-0.39, 0.29) is 11.8 Å². The quantitative estimate of drug-likeness (QED) is 0.714. The lowest BCUT2D eigenvalue weighted by atomic mass is 10.1. The Morgan fingerprint density at radius 2 is 1.91 bits per heavy atom. The summed E-state index contributed by atoms with van der Waals surface area (Å²) < 4.78 is 0. The number of rotatable bonds is 7. The van der Waals surface area contributed by atoms with E-state index in [1.54, 1.807) is 36.0 Å². The number of amides is 2. The Morgan fingerprint density at radius 1 is 1.26 bits per heavy atom. The average Bonchev–Trinajstić information content (AvgIpc) is 3.06. The molecule has 1 aromatic carbocycles. The van der Waals surface area contributed by atoms with Crippen LogP contribution in [0.3, 0.4) is 0 Å². The lowest BCUT2D eigenvalue weighted by Gasteiger charge is -2.13. The van der Waals surface area contributed by atoms with Crippen LogP contribution in [-0.2, 0) is 4.79 Å². The Morgan fingerprint density at radius 3 is 2.52 bits per heavy atom. The van der Waals surface area contributed by atoms with Gasteiger partial charge in [-0.2, -0.15) is 11.8 Å². The van der Waals surface area contributed by atoms with E-state index in [1.165, 1.54) is 12.8 Å². The fourth-order valence-corrected chi connectivity index (χ4v) is 3.14. The first kappa shape index (κ1) is 17.8. The van der Waals surface area contributed by atoms with Gasteiger partial charge in [-0.05, 0) is 55.5 Å². The van der Waals surface area contributed by atoms with Gasteiger partial charge in [0.25, 0.3) is 5.91 Å². The summed E-state index contributed by atoms with van der Waals surface area (Å²) in [6.07, 6.45) is 7.13. The van der Waals surface area contributed by atoms with Crippen LogP contribution in [0.1, 0.15) is 42.5 Å². The summed E-state index contributed by atoms with van der Waals surface area (Å²) in [6, 6.07) is 6.73. The van der Waals surface area contributed by atoms with Crippen LogP contribution in [-0.4, -0.2) is 35.9 Å². The number of hydrogen-bond acceptors (Lipinski definition) is 4. The molecular formula is C17H25N3O2S. The van der Waals surface area contributed by atoms with Crippen LogP contribution in [0.2, 0.25) is 0 Å². The molecule has 23 heavy (non-hydrogen) atoms. The average molecular weight is 335 g/mol. The van der Waals surface area contributed by atoms with Crippen LogP contribution in [0.5, 0.6) is 0 Å². The van der Waals surface area contributed by atoms with Gasteiger partial charge in [-0.25, -0.2) is 0 Å². The maximum absolute atomic E-state index is 12.1. The number of nitrogens with two attached hydrogens (primary N) is 1. The number of hydrogen-bond donors (Lipinski definition) is 3. The number of anilines is 1. The summed E-state index contributed by atoms with van der Waals surface area (Å²) in [5.74, 6) is 0.614. The van der Waals surface area contributed by atoms with E-state index in [0.717, 1.165) is 18.6 Å². The standard InChI is InChI=1S/C17H25N3O2S/c1-23-11-10-15(18)17(22)20-14-8-6-12(7-9-14)16(21)19-13-4-2-3-5-13/h6-9,13,15H,2-5,10-11,18H2,1H3,(H,19,21)(H,20,22)/t15-/m0/s1. The highest BCUT2D eigenvalue weighted by Crippen LogP contribution is 2.18. The molecule has 0 aliphatic heterocycles. The van der Waals surface area contributed by atoms with E-state index in [2.05, 4.69) is 10.6 Å². The van der Waals surface area contributed by atoms with Gasteiger partial charge in [0.1, 0.15) is 0 Å². The summed E-state index contributed by atoms with van der Waals surface area (Å²) in [5, 5.41) is 5.83. The maximum atomic E-state index is 12.1. The molecule has 1 aromatic rings. The van der Waals surface area contributed by atoms with E-state index >= 15 is 0 Å². The van der Waals surface area contributed by atoms with Gasteiger partial charge < -0.3 is 16.4 Å². The van der Waals surface area contributed by atoms with E-state index in [1.807, 2.05) is 6.26 Å². The Hall–Kier alpha value is -1.53. The lowest BCUT2D eigenvalue weighted by molar-refractivity contribution is -0.117. The Bertz CT molecular complexity index is 527. The van der Waals surface area contributed by atoms with Crippen molar-refractivity contribution < 1.29 is 9.59 Å². The summed E-state index contributed by atoms with van der Waals surface area (Å²) in [6.45, 7) is 0. The van der Waals surface area contributed by atoms with Crippen molar-refractivity contribution in [3.8, 4) is 0 Å². The molecule has 1 aliphatic rings. The zero-order chi connectivity index (χ0) is 16.7. The van der Waals surface area contributed by atoms with Crippen LogP contribution >= 0.6 is 11.8 Å². The van der Waals surface area contributed by atoms with Crippen molar-refractivity contribution in [1.82, 2.24) is 5.32 Å². The summed E-state index contributed by atoms with van der Waals surface area (Å²) in [5.41, 5.74) is 7.10. The fourth-order valence-electron chi connectivity index (χ4n) is 2.65. The molecule has 5 nitrogen and oxygen atoms in total.